The highest BCUT2D eigenvalue weighted by atomic mass is 32.2. The SMILES string of the molecule is CCCCNC(=O)C(c1cccc(C)c1O)N(CC#N)C(=O)C(CCSC)NC(=O)OC(C)(C)C. The second kappa shape index (κ2) is 14.5. The van der Waals surface area contributed by atoms with E-state index >= 15 is 0 Å². The third kappa shape index (κ3) is 9.68. The average molecular weight is 507 g/mol. The fourth-order valence-corrected chi connectivity index (χ4v) is 3.83. The first kappa shape index (κ1) is 30.1. The molecule has 0 fully saturated rings. The maximum atomic E-state index is 13.7. The molecule has 10 heteroatoms. The smallest absolute Gasteiger partial charge is 0.408 e. The minimum absolute atomic E-state index is 0.125. The zero-order chi connectivity index (χ0) is 26.6. The number of aryl methyl sites for hydroxylation is 1. The third-order valence-corrected chi connectivity index (χ3v) is 5.72. The summed E-state index contributed by atoms with van der Waals surface area (Å²) in [6.07, 6.45) is 2.97. The van der Waals surface area contributed by atoms with Crippen LogP contribution in [0.15, 0.2) is 18.2 Å². The molecule has 194 valence electrons. The first-order chi connectivity index (χ1) is 16.5. The van der Waals surface area contributed by atoms with Gasteiger partial charge in [-0.1, -0.05) is 31.5 Å². The Morgan fingerprint density at radius 1 is 1.29 bits per heavy atom. The lowest BCUT2D eigenvalue weighted by Crippen LogP contribution is -2.53. The Kier molecular flexibility index (Phi) is 12.4. The van der Waals surface area contributed by atoms with Crippen molar-refractivity contribution in [3.8, 4) is 11.8 Å². The largest absolute Gasteiger partial charge is 0.507 e. The molecule has 9 nitrogen and oxygen atoms in total. The van der Waals surface area contributed by atoms with E-state index in [1.165, 1.54) is 11.8 Å². The Labute approximate surface area is 212 Å². The summed E-state index contributed by atoms with van der Waals surface area (Å²) in [7, 11) is 0. The molecule has 0 spiro atoms. The van der Waals surface area contributed by atoms with Crippen molar-refractivity contribution in [2.75, 3.05) is 25.1 Å². The Morgan fingerprint density at radius 3 is 2.54 bits per heavy atom. The first-order valence-corrected chi connectivity index (χ1v) is 13.1. The Morgan fingerprint density at radius 2 is 1.97 bits per heavy atom. The van der Waals surface area contributed by atoms with Crippen LogP contribution in [-0.4, -0.2) is 64.7 Å². The van der Waals surface area contributed by atoms with Gasteiger partial charge in [-0.25, -0.2) is 4.79 Å². The fourth-order valence-electron chi connectivity index (χ4n) is 3.35. The lowest BCUT2D eigenvalue weighted by atomic mass is 9.99. The normalized spacial score (nSPS) is 12.7. The van der Waals surface area contributed by atoms with Crippen LogP contribution in [0.4, 0.5) is 4.79 Å². The monoisotopic (exact) mass is 506 g/mol. The molecule has 2 unspecified atom stereocenters. The molecule has 3 N–H and O–H groups in total. The average Bonchev–Trinajstić information content (AvgIpc) is 2.77. The van der Waals surface area contributed by atoms with E-state index in [9.17, 15) is 24.8 Å². The highest BCUT2D eigenvalue weighted by Gasteiger charge is 2.37. The van der Waals surface area contributed by atoms with Crippen LogP contribution in [0.1, 0.15) is 64.1 Å². The number of phenols is 1. The quantitative estimate of drug-likeness (QED) is 0.291. The molecule has 0 radical (unpaired) electrons. The van der Waals surface area contributed by atoms with Crippen LogP contribution in [0.5, 0.6) is 5.75 Å². The number of carbonyl (C=O) groups excluding carboxylic acids is 3. The van der Waals surface area contributed by atoms with E-state index in [2.05, 4.69) is 10.6 Å². The third-order valence-electron chi connectivity index (χ3n) is 5.08. The minimum Gasteiger partial charge on any atom is -0.507 e. The molecule has 0 aliphatic rings. The predicted molar refractivity (Wildman–Crippen MR) is 137 cm³/mol. The van der Waals surface area contributed by atoms with E-state index in [0.717, 1.165) is 17.7 Å². The van der Waals surface area contributed by atoms with Gasteiger partial charge in [-0.05, 0) is 58.1 Å². The van der Waals surface area contributed by atoms with Gasteiger partial charge in [0.1, 0.15) is 30.0 Å². The standard InChI is InChI=1S/C25H38N4O5S/c1-7-8-14-27-22(31)20(18-11-9-10-17(2)21(18)30)29(15-13-26)23(32)19(12-16-35-6)28-24(33)34-25(3,4)5/h9-11,19-20,30H,7-8,12,14-16H2,1-6H3,(H,27,31)(H,28,33). The van der Waals surface area contributed by atoms with Crippen molar-refractivity contribution in [2.24, 2.45) is 0 Å². The molecule has 0 saturated heterocycles. The topological polar surface area (TPSA) is 132 Å². The maximum absolute atomic E-state index is 13.7. The molecule has 0 aromatic heterocycles. The van der Waals surface area contributed by atoms with Crippen LogP contribution in [0, 0.1) is 18.3 Å². The van der Waals surface area contributed by atoms with Gasteiger partial charge in [0.05, 0.1) is 6.07 Å². The number of benzene rings is 1. The molecular weight excluding hydrogens is 468 g/mol. The van der Waals surface area contributed by atoms with E-state index in [0.29, 0.717) is 17.9 Å². The van der Waals surface area contributed by atoms with Crippen LogP contribution < -0.4 is 10.6 Å². The number of nitrogens with one attached hydrogen (secondary N) is 2. The summed E-state index contributed by atoms with van der Waals surface area (Å²) in [6.45, 7) is 8.79. The first-order valence-electron chi connectivity index (χ1n) is 11.7. The van der Waals surface area contributed by atoms with Crippen molar-refractivity contribution in [3.05, 3.63) is 29.3 Å². The van der Waals surface area contributed by atoms with Crippen LogP contribution in [0.2, 0.25) is 0 Å². The van der Waals surface area contributed by atoms with Gasteiger partial charge in [0.2, 0.25) is 11.8 Å². The molecule has 0 bridgehead atoms. The number of nitrogens with zero attached hydrogens (tertiary/aromatic N) is 2. The number of thioether (sulfide) groups is 1. The summed E-state index contributed by atoms with van der Waals surface area (Å²) in [6, 6.07) is 4.60. The molecular formula is C25H38N4O5S. The number of ether oxygens (including phenoxy) is 1. The van der Waals surface area contributed by atoms with Gasteiger partial charge in [-0.3, -0.25) is 9.59 Å². The lowest BCUT2D eigenvalue weighted by molar-refractivity contribution is -0.141. The molecule has 1 aromatic carbocycles. The number of carbonyl (C=O) groups is 3. The minimum atomic E-state index is -1.25. The zero-order valence-electron chi connectivity index (χ0n) is 21.5. The molecule has 0 aliphatic heterocycles. The van der Waals surface area contributed by atoms with Crippen LogP contribution in [0.25, 0.3) is 0 Å². The van der Waals surface area contributed by atoms with Gasteiger partial charge in [0.25, 0.3) is 0 Å². The van der Waals surface area contributed by atoms with E-state index in [-0.39, 0.29) is 17.7 Å². The zero-order valence-corrected chi connectivity index (χ0v) is 22.3. The van der Waals surface area contributed by atoms with Crippen molar-refractivity contribution >= 4 is 29.7 Å². The van der Waals surface area contributed by atoms with Gasteiger partial charge >= 0.3 is 6.09 Å². The number of nitriles is 1. The van der Waals surface area contributed by atoms with Crippen molar-refractivity contribution < 1.29 is 24.2 Å². The number of rotatable bonds is 12. The Hall–Kier alpha value is -2.93. The second-order valence-electron chi connectivity index (χ2n) is 9.16. The molecule has 1 rings (SSSR count). The molecule has 3 amide bonds. The number of hydrogen-bond acceptors (Lipinski definition) is 7. The Bertz CT molecular complexity index is 910. The van der Waals surface area contributed by atoms with Gasteiger partial charge < -0.3 is 25.4 Å². The second-order valence-corrected chi connectivity index (χ2v) is 10.2. The summed E-state index contributed by atoms with van der Waals surface area (Å²) in [5, 5.41) is 25.7. The number of aromatic hydroxyl groups is 1. The van der Waals surface area contributed by atoms with Gasteiger partial charge in [-0.15, -0.1) is 0 Å². The molecule has 0 saturated carbocycles. The van der Waals surface area contributed by atoms with Crippen LogP contribution in [0.3, 0.4) is 0 Å². The molecule has 2 atom stereocenters. The molecule has 35 heavy (non-hydrogen) atoms. The number of amides is 3. The summed E-state index contributed by atoms with van der Waals surface area (Å²) < 4.78 is 5.32. The van der Waals surface area contributed by atoms with Crippen LogP contribution >= 0.6 is 11.8 Å². The molecule has 1 aromatic rings. The summed E-state index contributed by atoms with van der Waals surface area (Å²) in [5.74, 6) is -0.693. The molecule has 0 heterocycles. The van der Waals surface area contributed by atoms with Crippen molar-refractivity contribution in [1.29, 1.82) is 5.26 Å². The fraction of sp³-hybridized carbons (Fsp3) is 0.600. The van der Waals surface area contributed by atoms with Crippen LogP contribution in [-0.2, 0) is 14.3 Å². The van der Waals surface area contributed by atoms with Gasteiger partial charge in [0.15, 0.2) is 0 Å². The van der Waals surface area contributed by atoms with Crippen molar-refractivity contribution in [1.82, 2.24) is 15.5 Å². The van der Waals surface area contributed by atoms with E-state index in [1.807, 2.05) is 19.2 Å². The number of alkyl carbamates (subject to hydrolysis) is 1. The van der Waals surface area contributed by atoms with Crippen molar-refractivity contribution in [2.45, 2.75) is 71.6 Å². The van der Waals surface area contributed by atoms with Crippen molar-refractivity contribution in [3.63, 3.8) is 0 Å². The number of hydrogen-bond donors (Lipinski definition) is 3. The summed E-state index contributed by atoms with van der Waals surface area (Å²) >= 11 is 1.49. The van der Waals surface area contributed by atoms with E-state index in [1.54, 1.807) is 45.9 Å². The highest BCUT2D eigenvalue weighted by Crippen LogP contribution is 2.32. The van der Waals surface area contributed by atoms with E-state index < -0.39 is 42.1 Å². The highest BCUT2D eigenvalue weighted by molar-refractivity contribution is 7.98. The number of phenolic OH excluding ortho intramolecular Hbond substituents is 1. The molecule has 0 aliphatic carbocycles. The lowest BCUT2D eigenvalue weighted by Gasteiger charge is -2.33. The van der Waals surface area contributed by atoms with E-state index in [4.69, 9.17) is 4.74 Å². The number of unbranched alkanes of at least 4 members (excludes halogenated alkanes) is 1. The van der Waals surface area contributed by atoms with Gasteiger partial charge in [0, 0.05) is 12.1 Å². The Balaban J connectivity index is 3.44. The summed E-state index contributed by atoms with van der Waals surface area (Å²) in [4.78, 5) is 40.6. The predicted octanol–water partition coefficient (Wildman–Crippen LogP) is 3.66. The summed E-state index contributed by atoms with van der Waals surface area (Å²) in [5.41, 5.74) is -0.0222. The maximum Gasteiger partial charge on any atom is 0.408 e. The van der Waals surface area contributed by atoms with Gasteiger partial charge in [-0.2, -0.15) is 17.0 Å². The number of para-hydroxylation sites is 1.